The van der Waals surface area contributed by atoms with Gasteiger partial charge in [-0.3, -0.25) is 14.7 Å². The van der Waals surface area contributed by atoms with Crippen LogP contribution in [-0.4, -0.2) is 70.7 Å². The highest BCUT2D eigenvalue weighted by atomic mass is 19.1. The lowest BCUT2D eigenvalue weighted by atomic mass is 9.97. The average molecular weight is 410 g/mol. The number of amides is 1. The Morgan fingerprint density at radius 2 is 2.00 bits per heavy atom. The number of carboxylic acid groups (broad SMARTS) is 1. The number of hydrogen-bond acceptors (Lipinski definition) is 5. The lowest BCUT2D eigenvalue weighted by molar-refractivity contribution is -0.159. The van der Waals surface area contributed by atoms with Crippen LogP contribution < -0.4 is 0 Å². The molecule has 1 saturated heterocycles. The van der Waals surface area contributed by atoms with E-state index >= 15 is 4.39 Å². The van der Waals surface area contributed by atoms with Gasteiger partial charge in [0.15, 0.2) is 0 Å². The van der Waals surface area contributed by atoms with Crippen molar-refractivity contribution in [3.63, 3.8) is 0 Å². The molecule has 1 aromatic rings. The normalized spacial score (nSPS) is 21.4. The third-order valence-corrected chi connectivity index (χ3v) is 5.64. The predicted molar refractivity (Wildman–Crippen MR) is 107 cm³/mol. The number of nitrogens with zero attached hydrogens (tertiary/aromatic N) is 3. The first-order valence-electron chi connectivity index (χ1n) is 9.99. The van der Waals surface area contributed by atoms with E-state index in [1.165, 1.54) is 4.90 Å². The third-order valence-electron chi connectivity index (χ3n) is 5.64. The van der Waals surface area contributed by atoms with Gasteiger partial charge in [-0.25, -0.2) is 9.18 Å². The summed E-state index contributed by atoms with van der Waals surface area (Å²) >= 11 is 0. The van der Waals surface area contributed by atoms with E-state index in [-0.39, 0.29) is 30.2 Å². The van der Waals surface area contributed by atoms with Crippen molar-refractivity contribution in [3.05, 3.63) is 28.8 Å². The number of aryl methyl sites for hydroxylation is 1. The summed E-state index contributed by atoms with van der Waals surface area (Å²) in [5, 5.41) is 9.80. The first kappa shape index (κ1) is 23.2. The molecule has 0 spiro atoms. The van der Waals surface area contributed by atoms with E-state index in [1.807, 2.05) is 11.8 Å². The monoisotopic (exact) mass is 409 g/mol. The fourth-order valence-corrected chi connectivity index (χ4v) is 3.88. The number of piperazine rings is 1. The molecule has 2 rings (SSSR count). The van der Waals surface area contributed by atoms with Crippen molar-refractivity contribution in [2.75, 3.05) is 26.8 Å². The first-order valence-corrected chi connectivity index (χ1v) is 9.99. The fourth-order valence-electron chi connectivity index (χ4n) is 3.88. The van der Waals surface area contributed by atoms with Crippen LogP contribution in [0, 0.1) is 25.6 Å². The van der Waals surface area contributed by atoms with E-state index in [0.29, 0.717) is 30.8 Å². The second-order valence-corrected chi connectivity index (χ2v) is 8.12. The van der Waals surface area contributed by atoms with Crippen LogP contribution >= 0.6 is 0 Å². The van der Waals surface area contributed by atoms with Gasteiger partial charge in [0.1, 0.15) is 11.9 Å². The van der Waals surface area contributed by atoms with Crippen LogP contribution in [0.15, 0.2) is 6.20 Å². The van der Waals surface area contributed by atoms with Crippen molar-refractivity contribution < 1.29 is 23.8 Å². The Hall–Kier alpha value is -2.06. The molecule has 2 heterocycles. The van der Waals surface area contributed by atoms with E-state index in [2.05, 4.69) is 4.98 Å². The van der Waals surface area contributed by atoms with Crippen LogP contribution in [0.2, 0.25) is 0 Å². The van der Waals surface area contributed by atoms with Crippen LogP contribution in [-0.2, 0) is 14.3 Å². The number of methoxy groups -OCH3 is 1. The molecule has 0 aliphatic carbocycles. The Bertz CT molecular complexity index is 756. The zero-order valence-electron chi connectivity index (χ0n) is 18.1. The zero-order chi connectivity index (χ0) is 21.9. The van der Waals surface area contributed by atoms with Crippen LogP contribution in [0.25, 0.3) is 0 Å². The molecule has 29 heavy (non-hydrogen) atoms. The molecule has 7 nitrogen and oxygen atoms in total. The summed E-state index contributed by atoms with van der Waals surface area (Å²) in [4.78, 5) is 32.3. The van der Waals surface area contributed by atoms with Gasteiger partial charge in [-0.2, -0.15) is 0 Å². The summed E-state index contributed by atoms with van der Waals surface area (Å²) in [5.74, 6) is -1.91. The van der Waals surface area contributed by atoms with Crippen molar-refractivity contribution >= 4 is 11.9 Å². The van der Waals surface area contributed by atoms with E-state index < -0.39 is 18.1 Å². The quantitative estimate of drug-likeness (QED) is 0.745. The topological polar surface area (TPSA) is 83.0 Å². The molecule has 1 aliphatic heterocycles. The molecule has 0 unspecified atom stereocenters. The number of halogens is 1. The minimum atomic E-state index is -1.06. The maximum atomic E-state index is 15.0. The lowest BCUT2D eigenvalue weighted by Crippen LogP contribution is -2.63. The maximum Gasteiger partial charge on any atom is 0.327 e. The van der Waals surface area contributed by atoms with Crippen molar-refractivity contribution in [1.29, 1.82) is 0 Å². The van der Waals surface area contributed by atoms with Gasteiger partial charge >= 0.3 is 5.97 Å². The highest BCUT2D eigenvalue weighted by Crippen LogP contribution is 2.31. The molecule has 1 N–H and O–H groups in total. The van der Waals surface area contributed by atoms with Crippen LogP contribution in [0.3, 0.4) is 0 Å². The standard InChI is InChI=1S/C21H32FN3O4/c1-12(2)20(26)25-14(4)10-24(11-17(25)21(27)28)16(7-8-29-6)19-18(22)15(5)13(3)9-23-19/h9,12,14,16-17H,7-8,10-11H2,1-6H3,(H,27,28)/t14-,16-,17-/m1/s1. The Kier molecular flexibility index (Phi) is 7.71. The van der Waals surface area contributed by atoms with Gasteiger partial charge in [-0.1, -0.05) is 13.8 Å². The van der Waals surface area contributed by atoms with Crippen molar-refractivity contribution in [2.24, 2.45) is 5.92 Å². The van der Waals surface area contributed by atoms with Crippen LogP contribution in [0.1, 0.15) is 50.1 Å². The SMILES string of the molecule is COCC[C@H](c1ncc(C)c(C)c1F)N1C[C@@H](C)N(C(=O)C(C)C)[C@@H](C(=O)O)C1. The van der Waals surface area contributed by atoms with Crippen LogP contribution in [0.4, 0.5) is 4.39 Å². The molecule has 0 radical (unpaired) electrons. The number of aliphatic carboxylic acids is 1. The molecule has 1 aliphatic rings. The molecule has 8 heteroatoms. The summed E-state index contributed by atoms with van der Waals surface area (Å²) in [5.41, 5.74) is 1.60. The Balaban J connectivity index is 2.41. The largest absolute Gasteiger partial charge is 0.480 e. The third kappa shape index (κ3) is 4.93. The smallest absolute Gasteiger partial charge is 0.327 e. The van der Waals surface area contributed by atoms with E-state index in [4.69, 9.17) is 4.74 Å². The molecule has 1 fully saturated rings. The van der Waals surface area contributed by atoms with E-state index in [9.17, 15) is 14.7 Å². The maximum absolute atomic E-state index is 15.0. The van der Waals surface area contributed by atoms with Gasteiger partial charge in [-0.05, 0) is 38.3 Å². The number of ether oxygens (including phenoxy) is 1. The molecular formula is C21H32FN3O4. The highest BCUT2D eigenvalue weighted by molar-refractivity contribution is 5.85. The van der Waals surface area contributed by atoms with Gasteiger partial charge in [0, 0.05) is 45.0 Å². The summed E-state index contributed by atoms with van der Waals surface area (Å²) in [6.45, 7) is 9.80. The van der Waals surface area contributed by atoms with E-state index in [0.717, 1.165) is 5.56 Å². The Morgan fingerprint density at radius 3 is 2.55 bits per heavy atom. The summed E-state index contributed by atoms with van der Waals surface area (Å²) in [6, 6.07) is -1.75. The number of rotatable bonds is 7. The predicted octanol–water partition coefficient (Wildman–Crippen LogP) is 2.56. The highest BCUT2D eigenvalue weighted by Gasteiger charge is 2.42. The number of carbonyl (C=O) groups is 2. The average Bonchev–Trinajstić information content (AvgIpc) is 2.66. The summed E-state index contributed by atoms with van der Waals surface area (Å²) < 4.78 is 20.3. The summed E-state index contributed by atoms with van der Waals surface area (Å²) in [6.07, 6.45) is 2.12. The number of pyridine rings is 1. The Morgan fingerprint density at radius 1 is 1.34 bits per heavy atom. The van der Waals surface area contributed by atoms with Crippen molar-refractivity contribution in [3.8, 4) is 0 Å². The van der Waals surface area contributed by atoms with Gasteiger partial charge in [0.05, 0.1) is 11.7 Å². The first-order chi connectivity index (χ1) is 13.6. The number of aromatic nitrogens is 1. The summed E-state index contributed by atoms with van der Waals surface area (Å²) in [7, 11) is 1.57. The number of carbonyl (C=O) groups excluding carboxylic acids is 1. The van der Waals surface area contributed by atoms with Crippen molar-refractivity contribution in [2.45, 2.75) is 59.2 Å². The second kappa shape index (κ2) is 9.63. The minimum Gasteiger partial charge on any atom is -0.480 e. The molecule has 1 aromatic heterocycles. The molecular weight excluding hydrogens is 377 g/mol. The van der Waals surface area contributed by atoms with Crippen molar-refractivity contribution in [1.82, 2.24) is 14.8 Å². The zero-order valence-corrected chi connectivity index (χ0v) is 18.1. The number of carboxylic acids is 1. The molecule has 162 valence electrons. The second-order valence-electron chi connectivity index (χ2n) is 8.12. The molecule has 0 saturated carbocycles. The van der Waals surface area contributed by atoms with Gasteiger partial charge in [0.2, 0.25) is 5.91 Å². The van der Waals surface area contributed by atoms with Gasteiger partial charge < -0.3 is 14.7 Å². The van der Waals surface area contributed by atoms with Gasteiger partial charge in [-0.15, -0.1) is 0 Å². The van der Waals surface area contributed by atoms with Gasteiger partial charge in [0.25, 0.3) is 0 Å². The molecule has 1 amide bonds. The molecule has 0 bridgehead atoms. The van der Waals surface area contributed by atoms with Crippen LogP contribution in [0.5, 0.6) is 0 Å². The lowest BCUT2D eigenvalue weighted by Gasteiger charge is -2.47. The van der Waals surface area contributed by atoms with E-state index in [1.54, 1.807) is 41.0 Å². The minimum absolute atomic E-state index is 0.112. The Labute approximate surface area is 171 Å². The fraction of sp³-hybridized carbons (Fsp3) is 0.667. The molecule has 3 atom stereocenters. The number of hydrogen-bond donors (Lipinski definition) is 1. The molecule has 0 aromatic carbocycles.